The molecule has 0 saturated carbocycles. The lowest BCUT2D eigenvalue weighted by molar-refractivity contribution is 0.516. The van der Waals surface area contributed by atoms with Gasteiger partial charge in [0.1, 0.15) is 15.7 Å². The number of hydrogen-bond donors (Lipinski definition) is 1. The zero-order chi connectivity index (χ0) is 14.5. The fourth-order valence-corrected chi connectivity index (χ4v) is 3.04. The van der Waals surface area contributed by atoms with Crippen molar-refractivity contribution in [2.24, 2.45) is 0 Å². The van der Waals surface area contributed by atoms with Crippen molar-refractivity contribution in [2.45, 2.75) is 25.8 Å². The van der Waals surface area contributed by atoms with E-state index in [1.54, 1.807) is 12.1 Å². The third-order valence-corrected chi connectivity index (χ3v) is 3.98. The lowest BCUT2D eigenvalue weighted by atomic mass is 10.1. The fourth-order valence-electron chi connectivity index (χ4n) is 1.88. The molecule has 0 aliphatic carbocycles. The molecular weight excluding hydrogens is 289 g/mol. The van der Waals surface area contributed by atoms with Gasteiger partial charge < -0.3 is 5.32 Å². The van der Waals surface area contributed by atoms with Crippen LogP contribution >= 0.6 is 11.6 Å². The van der Waals surface area contributed by atoms with Gasteiger partial charge in [-0.2, -0.15) is 0 Å². The molecule has 0 fully saturated rings. The Balaban J connectivity index is 2.84. The summed E-state index contributed by atoms with van der Waals surface area (Å²) in [7, 11) is -3.11. The molecule has 108 valence electrons. The average molecular weight is 308 g/mol. The number of benzene rings is 1. The van der Waals surface area contributed by atoms with Crippen LogP contribution in [0.3, 0.4) is 0 Å². The van der Waals surface area contributed by atoms with Crippen molar-refractivity contribution in [3.8, 4) is 0 Å². The van der Waals surface area contributed by atoms with Crippen LogP contribution < -0.4 is 5.32 Å². The maximum Gasteiger partial charge on any atom is 0.148 e. The summed E-state index contributed by atoms with van der Waals surface area (Å²) in [5, 5.41) is 3.19. The van der Waals surface area contributed by atoms with Gasteiger partial charge in [0.15, 0.2) is 0 Å². The zero-order valence-electron chi connectivity index (χ0n) is 11.1. The van der Waals surface area contributed by atoms with Gasteiger partial charge >= 0.3 is 0 Å². The molecule has 19 heavy (non-hydrogen) atoms. The van der Waals surface area contributed by atoms with Crippen LogP contribution in [0.25, 0.3) is 0 Å². The van der Waals surface area contributed by atoms with Crippen molar-refractivity contribution in [3.63, 3.8) is 0 Å². The van der Waals surface area contributed by atoms with Crippen LogP contribution in [0.5, 0.6) is 0 Å². The minimum absolute atomic E-state index is 0.0149. The summed E-state index contributed by atoms with van der Waals surface area (Å²) in [5.74, 6) is -0.486. The Hall–Kier alpha value is -0.650. The van der Waals surface area contributed by atoms with Gasteiger partial charge in [-0.25, -0.2) is 12.8 Å². The lowest BCUT2D eigenvalue weighted by Gasteiger charge is -2.18. The van der Waals surface area contributed by atoms with Gasteiger partial charge in [-0.05, 0) is 31.0 Å². The van der Waals surface area contributed by atoms with E-state index >= 15 is 0 Å². The van der Waals surface area contributed by atoms with E-state index in [2.05, 4.69) is 5.32 Å². The molecule has 1 aromatic rings. The SMILES string of the molecule is CCCNC(Cc1cccc(Cl)c1F)CS(C)(=O)=O. The summed E-state index contributed by atoms with van der Waals surface area (Å²) in [5.41, 5.74) is 0.435. The first-order valence-corrected chi connectivity index (χ1v) is 8.61. The molecule has 1 N–H and O–H groups in total. The van der Waals surface area contributed by atoms with E-state index in [0.29, 0.717) is 18.5 Å². The summed E-state index contributed by atoms with van der Waals surface area (Å²) in [6.07, 6.45) is 2.37. The highest BCUT2D eigenvalue weighted by atomic mass is 35.5. The predicted octanol–water partition coefficient (Wildman–Crippen LogP) is 2.43. The van der Waals surface area contributed by atoms with Crippen molar-refractivity contribution in [1.29, 1.82) is 0 Å². The molecule has 0 spiro atoms. The molecule has 0 aliphatic rings. The number of nitrogens with one attached hydrogen (secondary N) is 1. The maximum absolute atomic E-state index is 13.8. The third-order valence-electron chi connectivity index (χ3n) is 2.68. The van der Waals surface area contributed by atoms with E-state index < -0.39 is 15.7 Å². The van der Waals surface area contributed by atoms with Crippen molar-refractivity contribution < 1.29 is 12.8 Å². The molecule has 1 unspecified atom stereocenters. The molecule has 0 amide bonds. The molecule has 3 nitrogen and oxygen atoms in total. The Kier molecular flexibility index (Phi) is 6.23. The molecule has 6 heteroatoms. The Morgan fingerprint density at radius 2 is 2.11 bits per heavy atom. The Labute approximate surface area is 119 Å². The van der Waals surface area contributed by atoms with Crippen LogP contribution in [0.1, 0.15) is 18.9 Å². The summed E-state index contributed by atoms with van der Waals surface area (Å²) in [4.78, 5) is 0. The summed E-state index contributed by atoms with van der Waals surface area (Å²) >= 11 is 5.72. The highest BCUT2D eigenvalue weighted by Gasteiger charge is 2.17. The largest absolute Gasteiger partial charge is 0.313 e. The van der Waals surface area contributed by atoms with Crippen LogP contribution in [0.15, 0.2) is 18.2 Å². The second kappa shape index (κ2) is 7.22. The summed E-state index contributed by atoms with van der Waals surface area (Å²) < 4.78 is 36.6. The molecular formula is C13H19ClFNO2S. The Morgan fingerprint density at radius 1 is 1.42 bits per heavy atom. The van der Waals surface area contributed by atoms with Crippen LogP contribution in [0, 0.1) is 5.82 Å². The molecule has 0 aromatic heterocycles. The van der Waals surface area contributed by atoms with E-state index in [4.69, 9.17) is 11.6 Å². The van der Waals surface area contributed by atoms with E-state index in [1.165, 1.54) is 12.3 Å². The molecule has 0 aliphatic heterocycles. The molecule has 0 saturated heterocycles. The highest BCUT2D eigenvalue weighted by Crippen LogP contribution is 2.19. The molecule has 0 bridgehead atoms. The van der Waals surface area contributed by atoms with Gasteiger partial charge in [0, 0.05) is 12.3 Å². The number of hydrogen-bond acceptors (Lipinski definition) is 3. The van der Waals surface area contributed by atoms with Crippen molar-refractivity contribution in [3.05, 3.63) is 34.6 Å². The lowest BCUT2D eigenvalue weighted by Crippen LogP contribution is -2.38. The average Bonchev–Trinajstić information content (AvgIpc) is 2.30. The van der Waals surface area contributed by atoms with Crippen molar-refractivity contribution in [1.82, 2.24) is 5.32 Å². The second-order valence-electron chi connectivity index (χ2n) is 4.66. The van der Waals surface area contributed by atoms with Gasteiger partial charge in [0.05, 0.1) is 10.8 Å². The fraction of sp³-hybridized carbons (Fsp3) is 0.538. The second-order valence-corrected chi connectivity index (χ2v) is 7.25. The normalized spacial score (nSPS) is 13.5. The van der Waals surface area contributed by atoms with E-state index in [-0.39, 0.29) is 16.8 Å². The standard InChI is InChI=1S/C13H19ClFNO2S/c1-3-7-16-11(9-19(2,17)18)8-10-5-4-6-12(14)13(10)15/h4-6,11,16H,3,7-9H2,1-2H3. The van der Waals surface area contributed by atoms with E-state index in [0.717, 1.165) is 6.42 Å². The Morgan fingerprint density at radius 3 is 2.68 bits per heavy atom. The summed E-state index contributed by atoms with van der Waals surface area (Å²) in [6.45, 7) is 2.69. The highest BCUT2D eigenvalue weighted by molar-refractivity contribution is 7.90. The number of halogens is 2. The van der Waals surface area contributed by atoms with Crippen molar-refractivity contribution in [2.75, 3.05) is 18.6 Å². The van der Waals surface area contributed by atoms with Crippen LogP contribution in [-0.2, 0) is 16.3 Å². The first kappa shape index (κ1) is 16.4. The third kappa shape index (κ3) is 5.89. The number of rotatable bonds is 7. The van der Waals surface area contributed by atoms with Crippen LogP contribution in [-0.4, -0.2) is 33.0 Å². The van der Waals surface area contributed by atoms with Gasteiger partial charge in [0.2, 0.25) is 0 Å². The van der Waals surface area contributed by atoms with Gasteiger partial charge in [-0.15, -0.1) is 0 Å². The quantitative estimate of drug-likeness (QED) is 0.841. The topological polar surface area (TPSA) is 46.2 Å². The van der Waals surface area contributed by atoms with Gasteiger partial charge in [-0.3, -0.25) is 0 Å². The van der Waals surface area contributed by atoms with E-state index in [1.807, 2.05) is 6.92 Å². The summed E-state index contributed by atoms with van der Waals surface area (Å²) in [6, 6.07) is 4.47. The van der Waals surface area contributed by atoms with Gasteiger partial charge in [0.25, 0.3) is 0 Å². The molecule has 1 atom stereocenters. The van der Waals surface area contributed by atoms with Crippen molar-refractivity contribution >= 4 is 21.4 Å². The molecule has 1 aromatic carbocycles. The first-order valence-electron chi connectivity index (χ1n) is 6.17. The minimum Gasteiger partial charge on any atom is -0.313 e. The maximum atomic E-state index is 13.8. The minimum atomic E-state index is -3.11. The van der Waals surface area contributed by atoms with Crippen LogP contribution in [0.4, 0.5) is 4.39 Å². The van der Waals surface area contributed by atoms with Crippen LogP contribution in [0.2, 0.25) is 5.02 Å². The Bertz CT molecular complexity index is 519. The monoisotopic (exact) mass is 307 g/mol. The first-order chi connectivity index (χ1) is 8.83. The molecule has 0 heterocycles. The van der Waals surface area contributed by atoms with E-state index in [9.17, 15) is 12.8 Å². The predicted molar refractivity (Wildman–Crippen MR) is 76.9 cm³/mol. The molecule has 0 radical (unpaired) electrons. The van der Waals surface area contributed by atoms with Gasteiger partial charge in [-0.1, -0.05) is 30.7 Å². The number of sulfone groups is 1. The molecule has 1 rings (SSSR count). The zero-order valence-corrected chi connectivity index (χ0v) is 12.7. The smallest absolute Gasteiger partial charge is 0.148 e.